The van der Waals surface area contributed by atoms with E-state index in [1.165, 1.54) is 32.1 Å². The van der Waals surface area contributed by atoms with Crippen molar-refractivity contribution in [3.05, 3.63) is 0 Å². The van der Waals surface area contributed by atoms with Crippen LogP contribution in [0.4, 0.5) is 0 Å². The van der Waals surface area contributed by atoms with E-state index in [0.29, 0.717) is 12.0 Å². The zero-order valence-electron chi connectivity index (χ0n) is 13.7. The van der Waals surface area contributed by atoms with Gasteiger partial charge >= 0.3 is 0 Å². The highest BCUT2D eigenvalue weighted by atomic mass is 16.3. The minimum absolute atomic E-state index is 0.552. The molecule has 0 aromatic heterocycles. The average molecular weight is 269 g/mol. The van der Waals surface area contributed by atoms with Crippen LogP contribution in [0.5, 0.6) is 0 Å². The Morgan fingerprint density at radius 3 is 2.37 bits per heavy atom. The molecule has 19 heavy (non-hydrogen) atoms. The van der Waals surface area contributed by atoms with Crippen LogP contribution in [-0.4, -0.2) is 23.3 Å². The molecule has 1 aliphatic rings. The second kappa shape index (κ2) is 7.64. The summed E-state index contributed by atoms with van der Waals surface area (Å²) in [6, 6.07) is 0.613. The van der Waals surface area contributed by atoms with E-state index in [2.05, 4.69) is 33.0 Å². The van der Waals surface area contributed by atoms with E-state index in [4.69, 9.17) is 0 Å². The summed E-state index contributed by atoms with van der Waals surface area (Å²) in [5, 5.41) is 14.0. The molecule has 0 amide bonds. The third-order valence-electron chi connectivity index (χ3n) is 4.58. The van der Waals surface area contributed by atoms with Crippen molar-refractivity contribution in [3.63, 3.8) is 0 Å². The lowest BCUT2D eigenvalue weighted by molar-refractivity contribution is 0.0353. The van der Waals surface area contributed by atoms with Crippen LogP contribution in [-0.2, 0) is 0 Å². The molecule has 0 saturated heterocycles. The Balaban J connectivity index is 2.33. The summed E-state index contributed by atoms with van der Waals surface area (Å²) in [4.78, 5) is 0. The number of hydrogen-bond acceptors (Lipinski definition) is 2. The van der Waals surface area contributed by atoms with Gasteiger partial charge in [-0.25, -0.2) is 0 Å². The molecule has 3 unspecified atom stereocenters. The summed E-state index contributed by atoms with van der Waals surface area (Å²) >= 11 is 0. The van der Waals surface area contributed by atoms with Crippen LogP contribution in [0.15, 0.2) is 0 Å². The maximum absolute atomic E-state index is 10.4. The molecule has 0 spiro atoms. The quantitative estimate of drug-likeness (QED) is 0.715. The van der Waals surface area contributed by atoms with Gasteiger partial charge in [-0.2, -0.15) is 0 Å². The second-order valence-corrected chi connectivity index (χ2v) is 7.69. The van der Waals surface area contributed by atoms with Crippen molar-refractivity contribution in [1.82, 2.24) is 5.32 Å². The largest absolute Gasteiger partial charge is 0.389 e. The standard InChI is InChI=1S/C17H35NO/c1-13(2)11-17(5,19)12-18-16-8-6-7-15(9-10-16)14(3)4/h13-16,18-19H,6-12H2,1-5H3. The molecule has 1 rings (SSSR count). The zero-order valence-corrected chi connectivity index (χ0v) is 13.7. The van der Waals surface area contributed by atoms with Gasteiger partial charge in [0, 0.05) is 12.6 Å². The van der Waals surface area contributed by atoms with Gasteiger partial charge in [0.2, 0.25) is 0 Å². The van der Waals surface area contributed by atoms with Gasteiger partial charge in [-0.05, 0) is 50.4 Å². The molecule has 3 atom stereocenters. The molecule has 0 aliphatic heterocycles. The summed E-state index contributed by atoms with van der Waals surface area (Å²) in [5.74, 6) is 2.28. The van der Waals surface area contributed by atoms with Crippen LogP contribution in [0.25, 0.3) is 0 Å². The first-order chi connectivity index (χ1) is 8.80. The first kappa shape index (κ1) is 17.0. The first-order valence-corrected chi connectivity index (χ1v) is 8.26. The van der Waals surface area contributed by atoms with Crippen LogP contribution in [0, 0.1) is 17.8 Å². The molecule has 1 fully saturated rings. The molecular weight excluding hydrogens is 234 g/mol. The van der Waals surface area contributed by atoms with E-state index in [0.717, 1.165) is 24.8 Å². The molecule has 1 saturated carbocycles. The van der Waals surface area contributed by atoms with Crippen LogP contribution >= 0.6 is 0 Å². The average Bonchev–Trinajstić information content (AvgIpc) is 2.50. The number of aliphatic hydroxyl groups is 1. The van der Waals surface area contributed by atoms with Crippen molar-refractivity contribution < 1.29 is 5.11 Å². The normalized spacial score (nSPS) is 28.4. The molecule has 0 radical (unpaired) electrons. The van der Waals surface area contributed by atoms with Crippen molar-refractivity contribution in [2.75, 3.05) is 6.54 Å². The molecule has 114 valence electrons. The van der Waals surface area contributed by atoms with Crippen molar-refractivity contribution >= 4 is 0 Å². The van der Waals surface area contributed by atoms with Gasteiger partial charge in [0.1, 0.15) is 0 Å². The number of nitrogens with one attached hydrogen (secondary N) is 1. The Labute approximate surface area is 120 Å². The fourth-order valence-electron chi connectivity index (χ4n) is 3.52. The maximum Gasteiger partial charge on any atom is 0.0746 e. The van der Waals surface area contributed by atoms with Crippen molar-refractivity contribution in [3.8, 4) is 0 Å². The highest BCUT2D eigenvalue weighted by molar-refractivity contribution is 4.82. The highest BCUT2D eigenvalue weighted by Crippen LogP contribution is 2.29. The van der Waals surface area contributed by atoms with E-state index in [1.54, 1.807) is 0 Å². The summed E-state index contributed by atoms with van der Waals surface area (Å²) < 4.78 is 0. The van der Waals surface area contributed by atoms with Gasteiger partial charge in [-0.15, -0.1) is 0 Å². The Kier molecular flexibility index (Phi) is 6.82. The third kappa shape index (κ3) is 6.76. The van der Waals surface area contributed by atoms with Crippen LogP contribution in [0.1, 0.15) is 73.1 Å². The fraction of sp³-hybridized carbons (Fsp3) is 1.00. The SMILES string of the molecule is CC(C)CC(C)(O)CNC1CCCC(C(C)C)CC1. The van der Waals surface area contributed by atoms with E-state index in [-0.39, 0.29) is 0 Å². The zero-order chi connectivity index (χ0) is 14.5. The van der Waals surface area contributed by atoms with Crippen LogP contribution in [0.3, 0.4) is 0 Å². The van der Waals surface area contributed by atoms with E-state index >= 15 is 0 Å². The minimum atomic E-state index is -0.558. The molecule has 0 bridgehead atoms. The molecule has 0 heterocycles. The second-order valence-electron chi connectivity index (χ2n) is 7.69. The summed E-state index contributed by atoms with van der Waals surface area (Å²) in [7, 11) is 0. The molecule has 0 aromatic rings. The van der Waals surface area contributed by atoms with Crippen molar-refractivity contribution in [1.29, 1.82) is 0 Å². The Morgan fingerprint density at radius 2 is 1.79 bits per heavy atom. The van der Waals surface area contributed by atoms with Crippen molar-refractivity contribution in [2.45, 2.75) is 84.8 Å². The fourth-order valence-corrected chi connectivity index (χ4v) is 3.52. The molecular formula is C17H35NO. The summed E-state index contributed by atoms with van der Waals surface area (Å²) in [6.45, 7) is 11.8. The predicted octanol–water partition coefficient (Wildman–Crippen LogP) is 3.98. The number of hydrogen-bond donors (Lipinski definition) is 2. The lowest BCUT2D eigenvalue weighted by Crippen LogP contribution is -2.43. The minimum Gasteiger partial charge on any atom is -0.389 e. The lowest BCUT2D eigenvalue weighted by Gasteiger charge is -2.28. The smallest absolute Gasteiger partial charge is 0.0746 e. The molecule has 0 aromatic carbocycles. The van der Waals surface area contributed by atoms with Gasteiger partial charge in [0.25, 0.3) is 0 Å². The van der Waals surface area contributed by atoms with Gasteiger partial charge in [0.15, 0.2) is 0 Å². The molecule has 2 nitrogen and oxygen atoms in total. The monoisotopic (exact) mass is 269 g/mol. The van der Waals surface area contributed by atoms with Gasteiger partial charge < -0.3 is 10.4 Å². The summed E-state index contributed by atoms with van der Waals surface area (Å²) in [6.07, 6.45) is 7.51. The Morgan fingerprint density at radius 1 is 1.11 bits per heavy atom. The topological polar surface area (TPSA) is 32.3 Å². The summed E-state index contributed by atoms with van der Waals surface area (Å²) in [5.41, 5.74) is -0.558. The van der Waals surface area contributed by atoms with Crippen molar-refractivity contribution in [2.24, 2.45) is 17.8 Å². The van der Waals surface area contributed by atoms with E-state index in [9.17, 15) is 5.11 Å². The molecule has 2 N–H and O–H groups in total. The predicted molar refractivity (Wildman–Crippen MR) is 83.3 cm³/mol. The van der Waals surface area contributed by atoms with Gasteiger partial charge in [-0.1, -0.05) is 40.5 Å². The molecule has 1 aliphatic carbocycles. The molecule has 2 heteroatoms. The van der Waals surface area contributed by atoms with Gasteiger partial charge in [-0.3, -0.25) is 0 Å². The maximum atomic E-state index is 10.4. The lowest BCUT2D eigenvalue weighted by atomic mass is 9.89. The van der Waals surface area contributed by atoms with Gasteiger partial charge in [0.05, 0.1) is 5.60 Å². The Bertz CT molecular complexity index is 248. The van der Waals surface area contributed by atoms with E-state index in [1.807, 2.05) is 6.92 Å². The van der Waals surface area contributed by atoms with Crippen LogP contribution in [0.2, 0.25) is 0 Å². The van der Waals surface area contributed by atoms with E-state index < -0.39 is 5.60 Å². The first-order valence-electron chi connectivity index (χ1n) is 8.26. The van der Waals surface area contributed by atoms with Crippen LogP contribution < -0.4 is 5.32 Å². The highest BCUT2D eigenvalue weighted by Gasteiger charge is 2.25. The Hall–Kier alpha value is -0.0800. The third-order valence-corrected chi connectivity index (χ3v) is 4.58. The number of rotatable bonds is 6.